The van der Waals surface area contributed by atoms with Gasteiger partial charge in [0.05, 0.1) is 7.85 Å². The average Bonchev–Trinajstić information content (AvgIpc) is 2.10. The molecule has 0 aliphatic carbocycles. The van der Waals surface area contributed by atoms with E-state index >= 15 is 0 Å². The Kier molecular flexibility index (Phi) is 5.95. The Balaban J connectivity index is 4.10. The molecule has 0 rings (SSSR count). The number of hydrogen-bond donors (Lipinski definition) is 1. The van der Waals surface area contributed by atoms with Gasteiger partial charge in [0.2, 0.25) is 5.91 Å². The molecule has 0 heterocycles. The van der Waals surface area contributed by atoms with Gasteiger partial charge in [0.1, 0.15) is 6.54 Å². The Hall–Kier alpha value is -1.04. The summed E-state index contributed by atoms with van der Waals surface area (Å²) in [6.45, 7) is 0.720. The van der Waals surface area contributed by atoms with Crippen molar-refractivity contribution in [2.45, 2.75) is 6.32 Å². The molecule has 0 aliphatic heterocycles. The van der Waals surface area contributed by atoms with Gasteiger partial charge in [-0.25, -0.2) is 0 Å². The number of carbonyl (C=O) groups excluding carboxylic acids is 1. The molecule has 0 fully saturated rings. The first-order valence-corrected chi connectivity index (χ1v) is 4.31. The number of carboxylic acid groups (broad SMARTS) is 1. The molecule has 0 aromatic heterocycles. The number of rotatable bonds is 6. The predicted octanol–water partition coefficient (Wildman–Crippen LogP) is -0.952. The minimum Gasteiger partial charge on any atom is -0.480 e. The highest BCUT2D eigenvalue weighted by Crippen LogP contribution is 1.93. The van der Waals surface area contributed by atoms with Crippen LogP contribution in [-0.4, -0.2) is 68.4 Å². The van der Waals surface area contributed by atoms with Gasteiger partial charge in [0, 0.05) is 13.1 Å². The number of nitrogens with zero attached hydrogens (tertiary/aromatic N) is 2. The lowest BCUT2D eigenvalue weighted by Gasteiger charge is -2.22. The van der Waals surface area contributed by atoms with Crippen molar-refractivity contribution < 1.29 is 14.7 Å². The molecule has 0 aliphatic rings. The van der Waals surface area contributed by atoms with Gasteiger partial charge in [-0.2, -0.15) is 0 Å². The zero-order valence-corrected chi connectivity index (χ0v) is 8.56. The van der Waals surface area contributed by atoms with Gasteiger partial charge in [0.25, 0.3) is 0 Å². The number of likely N-dealkylation sites (N-methyl/N-ethyl adjacent to an activating group) is 1. The molecular weight excluding hydrogens is 183 g/mol. The van der Waals surface area contributed by atoms with Crippen LogP contribution < -0.4 is 0 Å². The van der Waals surface area contributed by atoms with Gasteiger partial charge in [-0.05, 0) is 20.4 Å². The van der Waals surface area contributed by atoms with E-state index < -0.39 is 5.97 Å². The fraction of sp³-hybridized carbons (Fsp3) is 0.750. The Morgan fingerprint density at radius 3 is 2.21 bits per heavy atom. The first kappa shape index (κ1) is 13.0. The molecule has 0 bridgehead atoms. The maximum Gasteiger partial charge on any atom is 0.323 e. The minimum atomic E-state index is -1.02. The first-order chi connectivity index (χ1) is 6.47. The van der Waals surface area contributed by atoms with Crippen molar-refractivity contribution in [3.63, 3.8) is 0 Å². The van der Waals surface area contributed by atoms with Gasteiger partial charge >= 0.3 is 5.97 Å². The van der Waals surface area contributed by atoms with Crippen molar-refractivity contribution in [3.8, 4) is 0 Å². The third-order valence-electron chi connectivity index (χ3n) is 1.67. The molecule has 5 nitrogen and oxygen atoms in total. The van der Waals surface area contributed by atoms with E-state index in [2.05, 4.69) is 0 Å². The van der Waals surface area contributed by atoms with Crippen LogP contribution in [-0.2, 0) is 9.59 Å². The second kappa shape index (κ2) is 6.42. The lowest BCUT2D eigenvalue weighted by atomic mass is 10.0. The summed E-state index contributed by atoms with van der Waals surface area (Å²) in [5.74, 6) is -1.36. The lowest BCUT2D eigenvalue weighted by Crippen LogP contribution is -2.39. The standard InChI is InChI=1S/C8H15BN2O3/c1-10(2)3-4-11(6-8(13)14)7(12)5-9/h3-6H2,1-2H3,(H,13,14). The molecule has 0 saturated heterocycles. The molecule has 2 radical (unpaired) electrons. The van der Waals surface area contributed by atoms with E-state index in [0.717, 1.165) is 0 Å². The quantitative estimate of drug-likeness (QED) is 0.559. The van der Waals surface area contributed by atoms with Crippen molar-refractivity contribution in [1.29, 1.82) is 0 Å². The Morgan fingerprint density at radius 2 is 1.86 bits per heavy atom. The largest absolute Gasteiger partial charge is 0.480 e. The number of carbonyl (C=O) groups is 2. The Bertz CT molecular complexity index is 209. The van der Waals surface area contributed by atoms with E-state index in [9.17, 15) is 9.59 Å². The number of hydrogen-bond acceptors (Lipinski definition) is 3. The van der Waals surface area contributed by atoms with Crippen LogP contribution in [0.3, 0.4) is 0 Å². The monoisotopic (exact) mass is 198 g/mol. The second-order valence-corrected chi connectivity index (χ2v) is 3.22. The maximum absolute atomic E-state index is 11.2. The lowest BCUT2D eigenvalue weighted by molar-refractivity contribution is -0.143. The van der Waals surface area contributed by atoms with E-state index in [1.165, 1.54) is 4.90 Å². The summed E-state index contributed by atoms with van der Waals surface area (Å²) < 4.78 is 0. The van der Waals surface area contributed by atoms with Crippen molar-refractivity contribution in [2.24, 2.45) is 0 Å². The number of aliphatic carboxylic acids is 1. The zero-order chi connectivity index (χ0) is 11.1. The van der Waals surface area contributed by atoms with E-state index in [0.29, 0.717) is 13.1 Å². The Morgan fingerprint density at radius 1 is 1.29 bits per heavy atom. The summed E-state index contributed by atoms with van der Waals surface area (Å²) in [6, 6.07) is 0. The Labute approximate surface area is 85.1 Å². The summed E-state index contributed by atoms with van der Waals surface area (Å²) in [5.41, 5.74) is 0. The second-order valence-electron chi connectivity index (χ2n) is 3.22. The van der Waals surface area contributed by atoms with Crippen LogP contribution in [0.2, 0.25) is 6.32 Å². The third-order valence-corrected chi connectivity index (χ3v) is 1.67. The first-order valence-electron chi connectivity index (χ1n) is 4.31. The third kappa shape index (κ3) is 5.58. The molecule has 6 heteroatoms. The van der Waals surface area contributed by atoms with Crippen LogP contribution in [0.25, 0.3) is 0 Å². The van der Waals surface area contributed by atoms with Crippen molar-refractivity contribution >= 4 is 19.7 Å². The predicted molar refractivity (Wildman–Crippen MR) is 53.3 cm³/mol. The van der Waals surface area contributed by atoms with Gasteiger partial charge < -0.3 is 14.9 Å². The summed E-state index contributed by atoms with van der Waals surface area (Å²) in [7, 11) is 8.86. The molecule has 0 aromatic carbocycles. The minimum absolute atomic E-state index is 0.152. The highest BCUT2D eigenvalue weighted by Gasteiger charge is 2.14. The van der Waals surface area contributed by atoms with Crippen LogP contribution in [0.1, 0.15) is 0 Å². The van der Waals surface area contributed by atoms with Gasteiger partial charge in [0.15, 0.2) is 0 Å². The maximum atomic E-state index is 11.2. The van der Waals surface area contributed by atoms with E-state index in [-0.39, 0.29) is 18.8 Å². The molecule has 0 unspecified atom stereocenters. The molecular formula is C8H15BN2O3. The highest BCUT2D eigenvalue weighted by atomic mass is 16.4. The van der Waals surface area contributed by atoms with E-state index in [4.69, 9.17) is 13.0 Å². The SMILES string of the molecule is [B]CC(=O)N(CCN(C)C)CC(=O)O. The fourth-order valence-electron chi connectivity index (χ4n) is 0.905. The van der Waals surface area contributed by atoms with Crippen molar-refractivity contribution in [2.75, 3.05) is 33.7 Å². The molecule has 0 aromatic rings. The highest BCUT2D eigenvalue weighted by molar-refractivity contribution is 6.19. The van der Waals surface area contributed by atoms with E-state index in [1.807, 2.05) is 19.0 Å². The zero-order valence-electron chi connectivity index (χ0n) is 8.56. The number of carboxylic acids is 1. The normalized spacial score (nSPS) is 10.2. The van der Waals surface area contributed by atoms with Crippen LogP contribution in [0.15, 0.2) is 0 Å². The molecule has 0 atom stereocenters. The van der Waals surface area contributed by atoms with Crippen molar-refractivity contribution in [3.05, 3.63) is 0 Å². The summed E-state index contributed by atoms with van der Waals surface area (Å²) in [5, 5.41) is 8.55. The fourth-order valence-corrected chi connectivity index (χ4v) is 0.905. The van der Waals surface area contributed by atoms with E-state index in [1.54, 1.807) is 0 Å². The molecule has 0 spiro atoms. The molecule has 78 valence electrons. The van der Waals surface area contributed by atoms with Crippen LogP contribution >= 0.6 is 0 Å². The number of amides is 1. The van der Waals surface area contributed by atoms with Gasteiger partial charge in [-0.1, -0.05) is 0 Å². The van der Waals surface area contributed by atoms with Gasteiger partial charge in [-0.15, -0.1) is 0 Å². The van der Waals surface area contributed by atoms with Crippen LogP contribution in [0.4, 0.5) is 0 Å². The topological polar surface area (TPSA) is 60.9 Å². The summed E-state index contributed by atoms with van der Waals surface area (Å²) in [4.78, 5) is 24.7. The van der Waals surface area contributed by atoms with Gasteiger partial charge in [-0.3, -0.25) is 9.59 Å². The summed E-state index contributed by atoms with van der Waals surface area (Å²) in [6.07, 6.45) is -0.152. The summed E-state index contributed by atoms with van der Waals surface area (Å²) >= 11 is 0. The molecule has 0 saturated carbocycles. The molecule has 1 amide bonds. The van der Waals surface area contributed by atoms with Crippen LogP contribution in [0, 0.1) is 0 Å². The van der Waals surface area contributed by atoms with Crippen LogP contribution in [0.5, 0.6) is 0 Å². The average molecular weight is 198 g/mol. The van der Waals surface area contributed by atoms with Crippen molar-refractivity contribution in [1.82, 2.24) is 9.80 Å². The smallest absolute Gasteiger partial charge is 0.323 e. The molecule has 14 heavy (non-hydrogen) atoms. The molecule has 1 N–H and O–H groups in total.